The number of allylic oxidation sites excluding steroid dienone is 2. The van der Waals surface area contributed by atoms with Gasteiger partial charge in [-0.1, -0.05) is 26.3 Å². The Hall–Kier alpha value is -0.630. The number of aliphatic hydroxyl groups is 1. The third-order valence-corrected chi connectivity index (χ3v) is 3.78. The van der Waals surface area contributed by atoms with Crippen LogP contribution in [0.3, 0.4) is 0 Å². The normalized spacial score (nSPS) is 31.5. The smallest absolute Gasteiger partial charge is 0.158 e. The Balaban J connectivity index is 3.02. The van der Waals surface area contributed by atoms with E-state index in [0.29, 0.717) is 5.92 Å². The lowest BCUT2D eigenvalue weighted by atomic mass is 9.62. The topological polar surface area (TPSA) is 37.3 Å². The molecule has 0 saturated carbocycles. The number of carbonyl (C=O) groups excluding carboxylic acids is 1. The molecule has 2 atom stereocenters. The first-order chi connectivity index (χ1) is 6.41. The van der Waals surface area contributed by atoms with Gasteiger partial charge in [0.25, 0.3) is 0 Å². The third kappa shape index (κ3) is 1.76. The summed E-state index contributed by atoms with van der Waals surface area (Å²) in [6.07, 6.45) is 2.50. The molecule has 0 spiro atoms. The van der Waals surface area contributed by atoms with E-state index in [1.165, 1.54) is 0 Å². The average Bonchev–Trinajstić information content (AvgIpc) is 2.10. The first-order valence-electron chi connectivity index (χ1n) is 5.24. The lowest BCUT2D eigenvalue weighted by Crippen LogP contribution is -2.39. The Labute approximate surface area is 86.0 Å². The van der Waals surface area contributed by atoms with Gasteiger partial charge in [0.2, 0.25) is 0 Å². The predicted octanol–water partition coefficient (Wildman–Crippen LogP) is 2.18. The Morgan fingerprint density at radius 3 is 2.57 bits per heavy atom. The zero-order chi connectivity index (χ0) is 10.9. The summed E-state index contributed by atoms with van der Waals surface area (Å²) in [6, 6.07) is 0. The van der Waals surface area contributed by atoms with Crippen molar-refractivity contribution in [2.24, 2.45) is 17.3 Å². The summed E-state index contributed by atoms with van der Waals surface area (Å²) in [6.45, 7) is 8.40. The summed E-state index contributed by atoms with van der Waals surface area (Å²) >= 11 is 0. The highest BCUT2D eigenvalue weighted by atomic mass is 16.3. The second-order valence-electron chi connectivity index (χ2n) is 4.90. The number of rotatable bonds is 2. The monoisotopic (exact) mass is 196 g/mol. The van der Waals surface area contributed by atoms with Gasteiger partial charge in [0.15, 0.2) is 5.78 Å². The van der Waals surface area contributed by atoms with Crippen molar-refractivity contribution in [1.82, 2.24) is 0 Å². The van der Waals surface area contributed by atoms with Crippen LogP contribution in [0.1, 0.15) is 34.1 Å². The van der Waals surface area contributed by atoms with Crippen LogP contribution in [-0.2, 0) is 4.79 Å². The third-order valence-electron chi connectivity index (χ3n) is 3.78. The van der Waals surface area contributed by atoms with E-state index < -0.39 is 0 Å². The van der Waals surface area contributed by atoms with Gasteiger partial charge < -0.3 is 5.11 Å². The molecule has 0 aromatic rings. The molecule has 0 heterocycles. The molecule has 2 heteroatoms. The standard InChI is InChI=1S/C12H20O2/c1-8-7-11(14)9(2)12(3,4)10(8)5-6-13/h7,9-10,13H,5-6H2,1-4H3. The van der Waals surface area contributed by atoms with E-state index in [1.807, 2.05) is 13.8 Å². The van der Waals surface area contributed by atoms with Crippen LogP contribution in [-0.4, -0.2) is 17.5 Å². The fourth-order valence-corrected chi connectivity index (χ4v) is 2.43. The molecule has 1 rings (SSSR count). The van der Waals surface area contributed by atoms with Gasteiger partial charge in [-0.3, -0.25) is 4.79 Å². The highest BCUT2D eigenvalue weighted by Crippen LogP contribution is 2.44. The molecule has 1 N–H and O–H groups in total. The molecule has 0 aromatic heterocycles. The average molecular weight is 196 g/mol. The van der Waals surface area contributed by atoms with Crippen molar-refractivity contribution in [3.8, 4) is 0 Å². The van der Waals surface area contributed by atoms with E-state index >= 15 is 0 Å². The van der Waals surface area contributed by atoms with Crippen LogP contribution in [0.2, 0.25) is 0 Å². The van der Waals surface area contributed by atoms with E-state index in [-0.39, 0.29) is 23.7 Å². The van der Waals surface area contributed by atoms with Gasteiger partial charge in [0.1, 0.15) is 0 Å². The van der Waals surface area contributed by atoms with Crippen molar-refractivity contribution in [2.75, 3.05) is 6.61 Å². The number of carbonyl (C=O) groups is 1. The Morgan fingerprint density at radius 2 is 2.07 bits per heavy atom. The minimum Gasteiger partial charge on any atom is -0.396 e. The molecule has 1 aliphatic carbocycles. The Bertz CT molecular complexity index is 263. The van der Waals surface area contributed by atoms with Crippen molar-refractivity contribution in [3.05, 3.63) is 11.6 Å². The molecule has 0 aliphatic heterocycles. The van der Waals surface area contributed by atoms with Crippen LogP contribution in [0, 0.1) is 17.3 Å². The summed E-state index contributed by atoms with van der Waals surface area (Å²) in [5.41, 5.74) is 1.09. The summed E-state index contributed by atoms with van der Waals surface area (Å²) < 4.78 is 0. The molecule has 2 unspecified atom stereocenters. The van der Waals surface area contributed by atoms with E-state index in [1.54, 1.807) is 6.08 Å². The SMILES string of the molecule is CC1=CC(=O)C(C)C(C)(C)C1CCO. The van der Waals surface area contributed by atoms with Gasteiger partial charge >= 0.3 is 0 Å². The lowest BCUT2D eigenvalue weighted by molar-refractivity contribution is -0.123. The van der Waals surface area contributed by atoms with E-state index in [9.17, 15) is 4.79 Å². The maximum atomic E-state index is 11.6. The highest BCUT2D eigenvalue weighted by Gasteiger charge is 2.41. The molecule has 1 aliphatic rings. The zero-order valence-electron chi connectivity index (χ0n) is 9.50. The minimum atomic E-state index is -0.0291. The van der Waals surface area contributed by atoms with Crippen molar-refractivity contribution in [2.45, 2.75) is 34.1 Å². The first kappa shape index (κ1) is 11.4. The molecular formula is C12H20O2. The molecule has 80 valence electrons. The van der Waals surface area contributed by atoms with E-state index in [4.69, 9.17) is 5.11 Å². The summed E-state index contributed by atoms with van der Waals surface area (Å²) in [5.74, 6) is 0.615. The van der Waals surface area contributed by atoms with Crippen LogP contribution in [0.25, 0.3) is 0 Å². The quantitative estimate of drug-likeness (QED) is 0.735. The molecular weight excluding hydrogens is 176 g/mol. The molecule has 14 heavy (non-hydrogen) atoms. The zero-order valence-corrected chi connectivity index (χ0v) is 9.50. The minimum absolute atomic E-state index is 0.0291. The molecule has 0 bridgehead atoms. The second kappa shape index (κ2) is 3.85. The van der Waals surface area contributed by atoms with E-state index in [0.717, 1.165) is 12.0 Å². The maximum Gasteiger partial charge on any atom is 0.158 e. The molecule has 0 fully saturated rings. The first-order valence-corrected chi connectivity index (χ1v) is 5.24. The van der Waals surface area contributed by atoms with Gasteiger partial charge in [-0.05, 0) is 30.8 Å². The summed E-state index contributed by atoms with van der Waals surface area (Å²) in [4.78, 5) is 11.6. The fraction of sp³-hybridized carbons (Fsp3) is 0.750. The second-order valence-corrected chi connectivity index (χ2v) is 4.90. The number of ketones is 1. The predicted molar refractivity (Wildman–Crippen MR) is 56.9 cm³/mol. The van der Waals surface area contributed by atoms with Crippen LogP contribution in [0.15, 0.2) is 11.6 Å². The van der Waals surface area contributed by atoms with Gasteiger partial charge in [0.05, 0.1) is 0 Å². The van der Waals surface area contributed by atoms with Gasteiger partial charge in [0, 0.05) is 12.5 Å². The molecule has 0 radical (unpaired) electrons. The van der Waals surface area contributed by atoms with Crippen molar-refractivity contribution in [1.29, 1.82) is 0 Å². The maximum absolute atomic E-state index is 11.6. The van der Waals surface area contributed by atoms with E-state index in [2.05, 4.69) is 13.8 Å². The Morgan fingerprint density at radius 1 is 1.50 bits per heavy atom. The van der Waals surface area contributed by atoms with Crippen LogP contribution in [0.5, 0.6) is 0 Å². The lowest BCUT2D eigenvalue weighted by Gasteiger charge is -2.42. The van der Waals surface area contributed by atoms with Gasteiger partial charge in [-0.15, -0.1) is 0 Å². The number of aliphatic hydroxyl groups excluding tert-OH is 1. The fourth-order valence-electron chi connectivity index (χ4n) is 2.43. The van der Waals surface area contributed by atoms with Crippen LogP contribution < -0.4 is 0 Å². The van der Waals surface area contributed by atoms with Gasteiger partial charge in [-0.2, -0.15) is 0 Å². The molecule has 0 amide bonds. The number of hydrogen-bond donors (Lipinski definition) is 1. The van der Waals surface area contributed by atoms with Crippen molar-refractivity contribution < 1.29 is 9.90 Å². The van der Waals surface area contributed by atoms with Crippen molar-refractivity contribution in [3.63, 3.8) is 0 Å². The largest absolute Gasteiger partial charge is 0.396 e. The Kier molecular flexibility index (Phi) is 3.15. The molecule has 0 aromatic carbocycles. The van der Waals surface area contributed by atoms with Crippen molar-refractivity contribution >= 4 is 5.78 Å². The van der Waals surface area contributed by atoms with Crippen LogP contribution >= 0.6 is 0 Å². The molecule has 2 nitrogen and oxygen atoms in total. The number of hydrogen-bond acceptors (Lipinski definition) is 2. The summed E-state index contributed by atoms with van der Waals surface area (Å²) in [5, 5.41) is 9.01. The molecule has 0 saturated heterocycles. The van der Waals surface area contributed by atoms with Crippen LogP contribution in [0.4, 0.5) is 0 Å². The van der Waals surface area contributed by atoms with Gasteiger partial charge in [-0.25, -0.2) is 0 Å². The highest BCUT2D eigenvalue weighted by molar-refractivity contribution is 5.93. The summed E-state index contributed by atoms with van der Waals surface area (Å²) in [7, 11) is 0.